The van der Waals surface area contributed by atoms with Crippen LogP contribution >= 0.6 is 0 Å². The number of carboxylic acid groups (broad SMARTS) is 1. The van der Waals surface area contributed by atoms with E-state index in [1.807, 2.05) is 0 Å². The van der Waals surface area contributed by atoms with Gasteiger partial charge in [-0.05, 0) is 32.1 Å². The molecular formula is C20H36LiNO3. The van der Waals surface area contributed by atoms with E-state index in [4.69, 9.17) is 0 Å². The van der Waals surface area contributed by atoms with Crippen molar-refractivity contribution in [2.45, 2.75) is 96.8 Å². The van der Waals surface area contributed by atoms with E-state index in [-0.39, 0.29) is 31.3 Å². The third-order valence-corrected chi connectivity index (χ3v) is 4.10. The Bertz CT molecular complexity index is 346. The van der Waals surface area contributed by atoms with Gasteiger partial charge in [0.2, 0.25) is 5.91 Å². The van der Waals surface area contributed by atoms with Crippen molar-refractivity contribution in [2.75, 3.05) is 6.54 Å². The summed E-state index contributed by atoms with van der Waals surface area (Å²) in [5.41, 5.74) is 0. The van der Waals surface area contributed by atoms with E-state index < -0.39 is 5.97 Å². The van der Waals surface area contributed by atoms with Crippen molar-refractivity contribution in [3.05, 3.63) is 12.2 Å². The molecular weight excluding hydrogens is 309 g/mol. The van der Waals surface area contributed by atoms with Gasteiger partial charge in [-0.3, -0.25) is 4.79 Å². The van der Waals surface area contributed by atoms with E-state index in [2.05, 4.69) is 24.4 Å². The molecule has 0 aliphatic carbocycles. The van der Waals surface area contributed by atoms with Crippen molar-refractivity contribution in [2.24, 2.45) is 0 Å². The van der Waals surface area contributed by atoms with Crippen molar-refractivity contribution in [1.29, 1.82) is 0 Å². The zero-order chi connectivity index (χ0) is 17.9. The summed E-state index contributed by atoms with van der Waals surface area (Å²) >= 11 is 0. The Morgan fingerprint density at radius 1 is 0.800 bits per heavy atom. The van der Waals surface area contributed by atoms with Crippen LogP contribution < -0.4 is 29.3 Å². The minimum absolute atomic E-state index is 0. The van der Waals surface area contributed by atoms with E-state index in [0.29, 0.717) is 6.42 Å². The molecule has 0 aromatic rings. The summed E-state index contributed by atoms with van der Waals surface area (Å²) in [6.07, 6.45) is 20.9. The second-order valence-electron chi connectivity index (χ2n) is 6.48. The smallest absolute Gasteiger partial charge is 0.548 e. The third kappa shape index (κ3) is 23.3. The van der Waals surface area contributed by atoms with Crippen molar-refractivity contribution < 1.29 is 33.6 Å². The van der Waals surface area contributed by atoms with Crippen molar-refractivity contribution in [3.63, 3.8) is 0 Å². The number of amides is 1. The van der Waals surface area contributed by atoms with Gasteiger partial charge in [0, 0.05) is 6.42 Å². The zero-order valence-electron chi connectivity index (χ0n) is 16.5. The average Bonchev–Trinajstić information content (AvgIpc) is 2.56. The first kappa shape index (κ1) is 26.5. The topological polar surface area (TPSA) is 69.2 Å². The van der Waals surface area contributed by atoms with Gasteiger partial charge >= 0.3 is 18.9 Å². The number of hydrogen-bond acceptors (Lipinski definition) is 3. The van der Waals surface area contributed by atoms with Gasteiger partial charge in [0.25, 0.3) is 0 Å². The summed E-state index contributed by atoms with van der Waals surface area (Å²) in [6, 6.07) is 0. The Balaban J connectivity index is 0. The molecule has 0 bridgehead atoms. The number of nitrogens with one attached hydrogen (secondary N) is 1. The van der Waals surface area contributed by atoms with Gasteiger partial charge in [0.1, 0.15) is 0 Å². The normalized spacial score (nSPS) is 10.6. The number of carboxylic acids is 1. The minimum Gasteiger partial charge on any atom is -0.548 e. The van der Waals surface area contributed by atoms with E-state index >= 15 is 0 Å². The summed E-state index contributed by atoms with van der Waals surface area (Å²) < 4.78 is 0. The first-order chi connectivity index (χ1) is 11.7. The summed E-state index contributed by atoms with van der Waals surface area (Å²) in [5.74, 6) is -1.44. The molecule has 0 aliphatic rings. The van der Waals surface area contributed by atoms with Crippen LogP contribution in [0.2, 0.25) is 0 Å². The molecule has 0 unspecified atom stereocenters. The number of hydrogen-bond donors (Lipinski definition) is 1. The number of carbonyl (C=O) groups is 2. The van der Waals surface area contributed by atoms with Crippen LogP contribution in [0.15, 0.2) is 12.2 Å². The van der Waals surface area contributed by atoms with Crippen molar-refractivity contribution in [3.8, 4) is 0 Å². The first-order valence-electron chi connectivity index (χ1n) is 9.78. The summed E-state index contributed by atoms with van der Waals surface area (Å²) in [4.78, 5) is 21.5. The Labute approximate surface area is 166 Å². The van der Waals surface area contributed by atoms with Crippen LogP contribution in [-0.2, 0) is 9.59 Å². The van der Waals surface area contributed by atoms with Crippen molar-refractivity contribution >= 4 is 11.9 Å². The Kier molecular flexibility index (Phi) is 22.6. The second kappa shape index (κ2) is 21.3. The molecule has 0 saturated heterocycles. The number of unbranched alkanes of at least 4 members (excludes halogenated alkanes) is 11. The zero-order valence-corrected chi connectivity index (χ0v) is 16.5. The van der Waals surface area contributed by atoms with E-state index in [1.54, 1.807) is 0 Å². The number of rotatable bonds is 17. The van der Waals surface area contributed by atoms with Gasteiger partial charge < -0.3 is 15.2 Å². The van der Waals surface area contributed by atoms with Crippen LogP contribution in [-0.4, -0.2) is 18.4 Å². The molecule has 0 spiro atoms. The quantitative estimate of drug-likeness (QED) is 0.242. The van der Waals surface area contributed by atoms with Crippen LogP contribution in [0.1, 0.15) is 96.8 Å². The summed E-state index contributed by atoms with van der Waals surface area (Å²) in [6.45, 7) is 1.86. The monoisotopic (exact) mass is 345 g/mol. The van der Waals surface area contributed by atoms with Crippen LogP contribution in [0, 0.1) is 0 Å². The van der Waals surface area contributed by atoms with Crippen LogP contribution in [0.4, 0.5) is 0 Å². The molecule has 5 heteroatoms. The van der Waals surface area contributed by atoms with Crippen LogP contribution in [0.5, 0.6) is 0 Å². The van der Waals surface area contributed by atoms with E-state index in [1.165, 1.54) is 57.8 Å². The van der Waals surface area contributed by atoms with Gasteiger partial charge in [-0.1, -0.05) is 70.4 Å². The molecule has 1 amide bonds. The number of carbonyl (C=O) groups excluding carboxylic acids is 2. The predicted octanol–water partition coefficient (Wildman–Crippen LogP) is 0.894. The van der Waals surface area contributed by atoms with Gasteiger partial charge in [0.05, 0.1) is 12.5 Å². The van der Waals surface area contributed by atoms with Gasteiger partial charge in [-0.15, -0.1) is 0 Å². The molecule has 0 atom stereocenters. The maximum Gasteiger partial charge on any atom is 1.00 e. The Morgan fingerprint density at radius 2 is 1.28 bits per heavy atom. The van der Waals surface area contributed by atoms with E-state index in [0.717, 1.165) is 25.7 Å². The Hall–Kier alpha value is -0.723. The maximum atomic E-state index is 11.3. The standard InChI is InChI=1S/C20H37NO3.Li/c1-2-3-4-5-6-7-8-9-10-11-12-13-14-15-16-17-19(22)21-18-20(23)24;/h9-10H,2-8,11-18H2,1H3,(H,21,22)(H,23,24);/q;+1/p-1/b10-9-;. The fourth-order valence-corrected chi connectivity index (χ4v) is 2.62. The molecule has 0 heterocycles. The fraction of sp³-hybridized carbons (Fsp3) is 0.800. The minimum atomic E-state index is -1.24. The van der Waals surface area contributed by atoms with Gasteiger partial charge in [-0.25, -0.2) is 0 Å². The molecule has 0 aromatic carbocycles. The molecule has 0 aliphatic heterocycles. The molecule has 0 rings (SSSR count). The molecule has 0 radical (unpaired) electrons. The fourth-order valence-electron chi connectivity index (χ4n) is 2.62. The molecule has 140 valence electrons. The molecule has 0 fully saturated rings. The van der Waals surface area contributed by atoms with E-state index in [9.17, 15) is 14.7 Å². The van der Waals surface area contributed by atoms with Gasteiger partial charge in [0.15, 0.2) is 0 Å². The molecule has 0 aromatic heterocycles. The number of aliphatic carboxylic acids is 1. The third-order valence-electron chi connectivity index (χ3n) is 4.10. The number of allylic oxidation sites excluding steroid dienone is 2. The summed E-state index contributed by atoms with van der Waals surface area (Å²) in [7, 11) is 0. The maximum absolute atomic E-state index is 11.3. The molecule has 25 heavy (non-hydrogen) atoms. The first-order valence-corrected chi connectivity index (χ1v) is 9.78. The largest absolute Gasteiger partial charge is 1.00 e. The second-order valence-corrected chi connectivity index (χ2v) is 6.48. The molecule has 4 nitrogen and oxygen atoms in total. The van der Waals surface area contributed by atoms with Crippen LogP contribution in [0.3, 0.4) is 0 Å². The van der Waals surface area contributed by atoms with Crippen LogP contribution in [0.25, 0.3) is 0 Å². The molecule has 0 saturated carbocycles. The predicted molar refractivity (Wildman–Crippen MR) is 97.5 cm³/mol. The Morgan fingerprint density at radius 3 is 1.80 bits per heavy atom. The SMILES string of the molecule is CCCCCCCC/C=C\CCCCCCCC(=O)NCC(=O)[O-].[Li+]. The summed E-state index contributed by atoms with van der Waals surface area (Å²) in [5, 5.41) is 12.5. The molecule has 1 N–H and O–H groups in total. The van der Waals surface area contributed by atoms with Gasteiger partial charge in [-0.2, -0.15) is 0 Å². The van der Waals surface area contributed by atoms with Crippen molar-refractivity contribution in [1.82, 2.24) is 5.32 Å². The average molecular weight is 345 g/mol.